The first-order valence-corrected chi connectivity index (χ1v) is 15.1. The Balaban J connectivity index is 1.54. The molecule has 0 aliphatic heterocycles. The Morgan fingerprint density at radius 3 is 2.33 bits per heavy atom. The highest BCUT2D eigenvalue weighted by Crippen LogP contribution is 2.41. The van der Waals surface area contributed by atoms with Crippen LogP contribution in [-0.4, -0.2) is 66.1 Å². The van der Waals surface area contributed by atoms with Crippen LogP contribution in [0.15, 0.2) is 54.6 Å². The molecule has 220 valence electrons. The molecule has 2 aromatic rings. The Morgan fingerprint density at radius 2 is 1.70 bits per heavy atom. The zero-order valence-electron chi connectivity index (χ0n) is 24.3. The molecule has 0 heterocycles. The minimum absolute atomic E-state index is 0.0211. The van der Waals surface area contributed by atoms with Crippen LogP contribution in [0.25, 0.3) is 0 Å². The van der Waals surface area contributed by atoms with Crippen molar-refractivity contribution < 1.29 is 24.5 Å². The lowest BCUT2D eigenvalue weighted by molar-refractivity contribution is -0.134. The number of aliphatic hydroxyl groups is 2. The molecule has 0 bridgehead atoms. The van der Waals surface area contributed by atoms with E-state index in [2.05, 4.69) is 5.32 Å². The number of carbonyl (C=O) groups is 1. The molecule has 3 atom stereocenters. The van der Waals surface area contributed by atoms with Gasteiger partial charge in [-0.05, 0) is 68.7 Å². The van der Waals surface area contributed by atoms with Crippen LogP contribution in [-0.2, 0) is 16.0 Å². The minimum Gasteiger partial charge on any atom is -0.497 e. The molecule has 0 aromatic heterocycles. The van der Waals surface area contributed by atoms with Gasteiger partial charge in [0.2, 0.25) is 5.91 Å². The van der Waals surface area contributed by atoms with Gasteiger partial charge in [0.25, 0.3) is 0 Å². The van der Waals surface area contributed by atoms with E-state index in [1.165, 1.54) is 0 Å². The number of amides is 1. The summed E-state index contributed by atoms with van der Waals surface area (Å²) in [5, 5.41) is 26.6. The Labute approximate surface area is 239 Å². The van der Waals surface area contributed by atoms with Crippen molar-refractivity contribution in [2.75, 3.05) is 26.9 Å². The van der Waals surface area contributed by atoms with Crippen LogP contribution in [0.4, 0.5) is 0 Å². The summed E-state index contributed by atoms with van der Waals surface area (Å²) in [6, 6.07) is 17.2. The third-order valence-corrected chi connectivity index (χ3v) is 8.97. The van der Waals surface area contributed by atoms with Crippen LogP contribution in [0.2, 0.25) is 0 Å². The van der Waals surface area contributed by atoms with E-state index in [1.807, 2.05) is 66.4 Å². The lowest BCUT2D eigenvalue weighted by atomic mass is 9.81. The third kappa shape index (κ3) is 7.84. The Kier molecular flexibility index (Phi) is 11.4. The summed E-state index contributed by atoms with van der Waals surface area (Å²) < 4.78 is 10.9. The van der Waals surface area contributed by atoms with E-state index >= 15 is 0 Å². The maximum atomic E-state index is 13.9. The summed E-state index contributed by atoms with van der Waals surface area (Å²) in [6.07, 6.45) is 7.47. The number of hydrogen-bond acceptors (Lipinski definition) is 6. The van der Waals surface area contributed by atoms with Gasteiger partial charge in [0, 0.05) is 25.8 Å². The average molecular weight is 553 g/mol. The standard InChI is InChI=1S/C33H48N2O5/c1-3-40-22-21-33(19-9-10-20-33)32(38)34-29(23-25-11-5-4-6-12-25)30(36)24-35(27-13-7-8-14-27)31(37)26-15-17-28(39-2)18-16-26/h4-6,11-12,15-18,27,29-31,36-37H,3,7-10,13-14,19-24H2,1-2H3,(H,34,38). The van der Waals surface area contributed by atoms with Gasteiger partial charge in [0.15, 0.2) is 0 Å². The van der Waals surface area contributed by atoms with Crippen molar-refractivity contribution >= 4 is 5.91 Å². The second-order valence-electron chi connectivity index (χ2n) is 11.6. The molecule has 2 aliphatic rings. The molecule has 2 saturated carbocycles. The van der Waals surface area contributed by atoms with E-state index in [1.54, 1.807) is 7.11 Å². The number of benzene rings is 2. The van der Waals surface area contributed by atoms with Gasteiger partial charge in [-0.15, -0.1) is 0 Å². The fourth-order valence-corrected chi connectivity index (χ4v) is 6.52. The molecule has 0 saturated heterocycles. The molecule has 2 fully saturated rings. The number of carbonyl (C=O) groups excluding carboxylic acids is 1. The number of aliphatic hydroxyl groups excluding tert-OH is 2. The summed E-state index contributed by atoms with van der Waals surface area (Å²) in [5.41, 5.74) is 1.38. The first-order valence-electron chi connectivity index (χ1n) is 15.1. The molecule has 3 N–H and O–H groups in total. The number of rotatable bonds is 15. The largest absolute Gasteiger partial charge is 0.497 e. The van der Waals surface area contributed by atoms with Crippen molar-refractivity contribution in [3.05, 3.63) is 65.7 Å². The van der Waals surface area contributed by atoms with Gasteiger partial charge in [-0.1, -0.05) is 68.1 Å². The van der Waals surface area contributed by atoms with Crippen molar-refractivity contribution in [2.45, 2.75) is 95.5 Å². The zero-order chi connectivity index (χ0) is 28.4. The van der Waals surface area contributed by atoms with Crippen molar-refractivity contribution in [1.29, 1.82) is 0 Å². The predicted molar refractivity (Wildman–Crippen MR) is 157 cm³/mol. The molecule has 2 aromatic carbocycles. The summed E-state index contributed by atoms with van der Waals surface area (Å²) in [7, 11) is 1.63. The molecule has 0 radical (unpaired) electrons. The van der Waals surface area contributed by atoms with Crippen LogP contribution < -0.4 is 10.1 Å². The fourth-order valence-electron chi connectivity index (χ4n) is 6.52. The molecular weight excluding hydrogens is 504 g/mol. The van der Waals surface area contributed by atoms with Gasteiger partial charge >= 0.3 is 0 Å². The molecule has 4 rings (SSSR count). The van der Waals surface area contributed by atoms with Gasteiger partial charge in [-0.3, -0.25) is 9.69 Å². The van der Waals surface area contributed by atoms with Crippen LogP contribution >= 0.6 is 0 Å². The van der Waals surface area contributed by atoms with Gasteiger partial charge in [0.1, 0.15) is 12.0 Å². The van der Waals surface area contributed by atoms with E-state index < -0.39 is 23.8 Å². The fraction of sp³-hybridized carbons (Fsp3) is 0.606. The van der Waals surface area contributed by atoms with E-state index in [-0.39, 0.29) is 18.5 Å². The van der Waals surface area contributed by atoms with E-state index in [9.17, 15) is 15.0 Å². The van der Waals surface area contributed by atoms with Crippen LogP contribution in [0.5, 0.6) is 5.75 Å². The van der Waals surface area contributed by atoms with Gasteiger partial charge in [-0.2, -0.15) is 0 Å². The first kappa shape index (κ1) is 30.5. The van der Waals surface area contributed by atoms with Crippen molar-refractivity contribution in [3.8, 4) is 5.75 Å². The number of methoxy groups -OCH3 is 1. The summed E-state index contributed by atoms with van der Waals surface area (Å²) in [4.78, 5) is 15.9. The highest BCUT2D eigenvalue weighted by Gasteiger charge is 2.42. The molecular formula is C33H48N2O5. The third-order valence-electron chi connectivity index (χ3n) is 8.97. The number of hydrogen-bond donors (Lipinski definition) is 3. The average Bonchev–Trinajstić information content (AvgIpc) is 3.69. The number of ether oxygens (including phenoxy) is 2. The van der Waals surface area contributed by atoms with Crippen LogP contribution in [0.1, 0.15) is 82.1 Å². The molecule has 40 heavy (non-hydrogen) atoms. The summed E-state index contributed by atoms with van der Waals surface area (Å²) >= 11 is 0. The topological polar surface area (TPSA) is 91.3 Å². The second-order valence-corrected chi connectivity index (χ2v) is 11.6. The van der Waals surface area contributed by atoms with Gasteiger partial charge in [0.05, 0.1) is 24.7 Å². The maximum absolute atomic E-state index is 13.9. The zero-order valence-corrected chi connectivity index (χ0v) is 24.3. The molecule has 1 amide bonds. The normalized spacial score (nSPS) is 19.4. The van der Waals surface area contributed by atoms with E-state index in [0.29, 0.717) is 26.1 Å². The van der Waals surface area contributed by atoms with Crippen molar-refractivity contribution in [1.82, 2.24) is 10.2 Å². The number of nitrogens with zero attached hydrogens (tertiary/aromatic N) is 1. The smallest absolute Gasteiger partial charge is 0.226 e. The van der Waals surface area contributed by atoms with Crippen LogP contribution in [0, 0.1) is 5.41 Å². The maximum Gasteiger partial charge on any atom is 0.226 e. The Morgan fingerprint density at radius 1 is 1.02 bits per heavy atom. The van der Waals surface area contributed by atoms with Crippen molar-refractivity contribution in [3.63, 3.8) is 0 Å². The van der Waals surface area contributed by atoms with Crippen LogP contribution in [0.3, 0.4) is 0 Å². The van der Waals surface area contributed by atoms with Gasteiger partial charge < -0.3 is 25.0 Å². The lowest BCUT2D eigenvalue weighted by Crippen LogP contribution is -2.54. The second kappa shape index (κ2) is 15.0. The van der Waals surface area contributed by atoms with E-state index in [0.717, 1.165) is 68.2 Å². The minimum atomic E-state index is -0.858. The summed E-state index contributed by atoms with van der Waals surface area (Å²) in [6.45, 7) is 3.45. The lowest BCUT2D eigenvalue weighted by Gasteiger charge is -2.38. The molecule has 2 aliphatic carbocycles. The Bertz CT molecular complexity index is 1020. The molecule has 7 heteroatoms. The molecule has 7 nitrogen and oxygen atoms in total. The van der Waals surface area contributed by atoms with Crippen molar-refractivity contribution in [2.24, 2.45) is 5.41 Å². The molecule has 0 spiro atoms. The highest BCUT2D eigenvalue weighted by molar-refractivity contribution is 5.83. The monoisotopic (exact) mass is 552 g/mol. The summed E-state index contributed by atoms with van der Waals surface area (Å²) in [5.74, 6) is 0.757. The highest BCUT2D eigenvalue weighted by atomic mass is 16.5. The Hall–Kier alpha value is -2.45. The predicted octanol–water partition coefficient (Wildman–Crippen LogP) is 5.01. The molecule has 3 unspecified atom stereocenters. The van der Waals surface area contributed by atoms with Gasteiger partial charge in [-0.25, -0.2) is 0 Å². The SMILES string of the molecule is CCOCCC1(C(=O)NC(Cc2ccccc2)C(O)CN(C2CCCC2)C(O)c2ccc(OC)cc2)CCCC1. The quantitative estimate of drug-likeness (QED) is 0.213. The number of nitrogens with one attached hydrogen (secondary N) is 1. The van der Waals surface area contributed by atoms with E-state index in [4.69, 9.17) is 9.47 Å². The first-order chi connectivity index (χ1) is 19.5.